The standard InChI is InChI=1S/C22H27ClN2O2/c1-3-4-14-24-22(27)17(2)25(16-19-10-12-20(23)13-11-19)21(26)15-18-8-6-5-7-9-18/h5-13,17H,3-4,14-16H2,1-2H3,(H,24,27)/t17-/m1/s1. The Morgan fingerprint density at radius 2 is 1.70 bits per heavy atom. The highest BCUT2D eigenvalue weighted by atomic mass is 35.5. The van der Waals surface area contributed by atoms with Gasteiger partial charge in [0.25, 0.3) is 0 Å². The molecule has 0 aliphatic carbocycles. The molecule has 1 atom stereocenters. The lowest BCUT2D eigenvalue weighted by molar-refractivity contribution is -0.140. The lowest BCUT2D eigenvalue weighted by Gasteiger charge is -2.29. The summed E-state index contributed by atoms with van der Waals surface area (Å²) in [4.78, 5) is 27.2. The van der Waals surface area contributed by atoms with Crippen LogP contribution < -0.4 is 5.32 Å². The van der Waals surface area contributed by atoms with Crippen molar-refractivity contribution in [1.29, 1.82) is 0 Å². The van der Waals surface area contributed by atoms with Crippen molar-refractivity contribution in [3.8, 4) is 0 Å². The Labute approximate surface area is 166 Å². The molecule has 0 radical (unpaired) electrons. The number of unbranched alkanes of at least 4 members (excludes halogenated alkanes) is 1. The second-order valence-electron chi connectivity index (χ2n) is 6.63. The fourth-order valence-corrected chi connectivity index (χ4v) is 2.90. The highest BCUT2D eigenvalue weighted by Gasteiger charge is 2.25. The van der Waals surface area contributed by atoms with Gasteiger partial charge in [0.2, 0.25) is 11.8 Å². The molecule has 2 aromatic carbocycles. The van der Waals surface area contributed by atoms with Crippen molar-refractivity contribution in [3.63, 3.8) is 0 Å². The smallest absolute Gasteiger partial charge is 0.242 e. The van der Waals surface area contributed by atoms with Gasteiger partial charge < -0.3 is 10.2 Å². The van der Waals surface area contributed by atoms with Crippen molar-refractivity contribution < 1.29 is 9.59 Å². The van der Waals surface area contributed by atoms with Crippen LogP contribution in [-0.2, 0) is 22.6 Å². The molecular formula is C22H27ClN2O2. The minimum atomic E-state index is -0.547. The van der Waals surface area contributed by atoms with Crippen LogP contribution in [-0.4, -0.2) is 29.3 Å². The van der Waals surface area contributed by atoms with Gasteiger partial charge in [-0.2, -0.15) is 0 Å². The highest BCUT2D eigenvalue weighted by molar-refractivity contribution is 6.30. The van der Waals surface area contributed by atoms with E-state index in [0.717, 1.165) is 24.0 Å². The fourth-order valence-electron chi connectivity index (χ4n) is 2.78. The normalized spacial score (nSPS) is 11.7. The maximum atomic E-state index is 13.0. The summed E-state index contributed by atoms with van der Waals surface area (Å²) in [5, 5.41) is 3.57. The molecule has 0 saturated heterocycles. The topological polar surface area (TPSA) is 49.4 Å². The second kappa shape index (κ2) is 10.7. The summed E-state index contributed by atoms with van der Waals surface area (Å²) in [6, 6.07) is 16.4. The average molecular weight is 387 g/mol. The molecule has 0 aliphatic heterocycles. The summed E-state index contributed by atoms with van der Waals surface area (Å²) in [6.45, 7) is 4.85. The largest absolute Gasteiger partial charge is 0.354 e. The molecule has 5 heteroatoms. The summed E-state index contributed by atoms with van der Waals surface area (Å²) in [7, 11) is 0. The number of carbonyl (C=O) groups is 2. The van der Waals surface area contributed by atoms with Crippen LogP contribution in [0, 0.1) is 0 Å². The van der Waals surface area contributed by atoms with Crippen LogP contribution in [0.3, 0.4) is 0 Å². The Hall–Kier alpha value is -2.33. The number of rotatable bonds is 9. The van der Waals surface area contributed by atoms with E-state index in [-0.39, 0.29) is 18.2 Å². The second-order valence-corrected chi connectivity index (χ2v) is 7.07. The lowest BCUT2D eigenvalue weighted by Crippen LogP contribution is -2.48. The van der Waals surface area contributed by atoms with E-state index in [4.69, 9.17) is 11.6 Å². The van der Waals surface area contributed by atoms with Crippen molar-refractivity contribution in [3.05, 3.63) is 70.7 Å². The zero-order valence-corrected chi connectivity index (χ0v) is 16.7. The van der Waals surface area contributed by atoms with E-state index in [1.165, 1.54) is 0 Å². The van der Waals surface area contributed by atoms with Gasteiger partial charge in [-0.15, -0.1) is 0 Å². The van der Waals surface area contributed by atoms with Gasteiger partial charge in [-0.3, -0.25) is 9.59 Å². The minimum Gasteiger partial charge on any atom is -0.354 e. The van der Waals surface area contributed by atoms with Gasteiger partial charge in [0.15, 0.2) is 0 Å². The number of benzene rings is 2. The van der Waals surface area contributed by atoms with Gasteiger partial charge >= 0.3 is 0 Å². The molecule has 0 aromatic heterocycles. The predicted octanol–water partition coefficient (Wildman–Crippen LogP) is 4.22. The molecule has 2 rings (SSSR count). The third kappa shape index (κ3) is 6.72. The van der Waals surface area contributed by atoms with Crippen LogP contribution in [0.2, 0.25) is 5.02 Å². The molecule has 2 amide bonds. The Balaban J connectivity index is 2.14. The Kier molecular flexibility index (Phi) is 8.34. The first kappa shape index (κ1) is 21.0. The van der Waals surface area contributed by atoms with Crippen LogP contribution >= 0.6 is 11.6 Å². The fraction of sp³-hybridized carbons (Fsp3) is 0.364. The highest BCUT2D eigenvalue weighted by Crippen LogP contribution is 2.15. The summed E-state index contributed by atoms with van der Waals surface area (Å²) in [5.74, 6) is -0.201. The predicted molar refractivity (Wildman–Crippen MR) is 110 cm³/mol. The van der Waals surface area contributed by atoms with E-state index in [1.54, 1.807) is 24.0 Å². The molecule has 0 aliphatic rings. The van der Waals surface area contributed by atoms with Gasteiger partial charge in [0, 0.05) is 18.1 Å². The minimum absolute atomic E-state index is 0.0747. The van der Waals surface area contributed by atoms with Crippen molar-refractivity contribution in [2.75, 3.05) is 6.54 Å². The molecule has 0 unspecified atom stereocenters. The molecule has 0 saturated carbocycles. The zero-order chi connectivity index (χ0) is 19.6. The van der Waals surface area contributed by atoms with Gasteiger partial charge in [-0.1, -0.05) is 67.4 Å². The first-order chi connectivity index (χ1) is 13.0. The van der Waals surface area contributed by atoms with E-state index >= 15 is 0 Å². The molecule has 27 heavy (non-hydrogen) atoms. The lowest BCUT2D eigenvalue weighted by atomic mass is 10.1. The average Bonchev–Trinajstić information content (AvgIpc) is 2.67. The molecular weight excluding hydrogens is 360 g/mol. The maximum absolute atomic E-state index is 13.0. The number of hydrogen-bond donors (Lipinski definition) is 1. The summed E-state index contributed by atoms with van der Waals surface area (Å²) in [6.07, 6.45) is 2.20. The summed E-state index contributed by atoms with van der Waals surface area (Å²) >= 11 is 5.96. The third-order valence-corrected chi connectivity index (χ3v) is 4.71. The zero-order valence-electron chi connectivity index (χ0n) is 16.0. The Morgan fingerprint density at radius 3 is 2.33 bits per heavy atom. The Bertz CT molecular complexity index is 732. The quantitative estimate of drug-likeness (QED) is 0.656. The molecule has 0 heterocycles. The van der Waals surface area contributed by atoms with Crippen molar-refractivity contribution in [2.45, 2.75) is 45.7 Å². The number of nitrogens with zero attached hydrogens (tertiary/aromatic N) is 1. The van der Waals surface area contributed by atoms with Gasteiger partial charge in [0.1, 0.15) is 6.04 Å². The molecule has 1 N–H and O–H groups in total. The number of nitrogens with one attached hydrogen (secondary N) is 1. The SMILES string of the molecule is CCCCNC(=O)[C@@H](C)N(Cc1ccc(Cl)cc1)C(=O)Cc1ccccc1. The van der Waals surface area contributed by atoms with E-state index in [0.29, 0.717) is 18.1 Å². The summed E-state index contributed by atoms with van der Waals surface area (Å²) < 4.78 is 0. The van der Waals surface area contributed by atoms with Crippen molar-refractivity contribution in [1.82, 2.24) is 10.2 Å². The number of carbonyl (C=O) groups excluding carboxylic acids is 2. The maximum Gasteiger partial charge on any atom is 0.242 e. The number of halogens is 1. The van der Waals surface area contributed by atoms with Crippen LogP contribution in [0.5, 0.6) is 0 Å². The van der Waals surface area contributed by atoms with Gasteiger partial charge in [-0.25, -0.2) is 0 Å². The van der Waals surface area contributed by atoms with Gasteiger partial charge in [-0.05, 0) is 36.6 Å². The van der Waals surface area contributed by atoms with E-state index < -0.39 is 6.04 Å². The monoisotopic (exact) mass is 386 g/mol. The van der Waals surface area contributed by atoms with Crippen LogP contribution in [0.15, 0.2) is 54.6 Å². The van der Waals surface area contributed by atoms with E-state index in [9.17, 15) is 9.59 Å². The molecule has 4 nitrogen and oxygen atoms in total. The van der Waals surface area contributed by atoms with Crippen molar-refractivity contribution in [2.24, 2.45) is 0 Å². The van der Waals surface area contributed by atoms with E-state index in [2.05, 4.69) is 12.2 Å². The Morgan fingerprint density at radius 1 is 1.04 bits per heavy atom. The molecule has 144 valence electrons. The van der Waals surface area contributed by atoms with Crippen LogP contribution in [0.25, 0.3) is 0 Å². The molecule has 0 bridgehead atoms. The third-order valence-electron chi connectivity index (χ3n) is 4.46. The number of amides is 2. The molecule has 0 spiro atoms. The van der Waals surface area contributed by atoms with Crippen LogP contribution in [0.4, 0.5) is 0 Å². The van der Waals surface area contributed by atoms with E-state index in [1.807, 2.05) is 42.5 Å². The van der Waals surface area contributed by atoms with Gasteiger partial charge in [0.05, 0.1) is 6.42 Å². The molecule has 2 aromatic rings. The van der Waals surface area contributed by atoms with Crippen molar-refractivity contribution >= 4 is 23.4 Å². The summed E-state index contributed by atoms with van der Waals surface area (Å²) in [5.41, 5.74) is 1.87. The first-order valence-electron chi connectivity index (χ1n) is 9.36. The van der Waals surface area contributed by atoms with Crippen LogP contribution in [0.1, 0.15) is 37.8 Å². The molecule has 0 fully saturated rings. The first-order valence-corrected chi connectivity index (χ1v) is 9.74. The number of hydrogen-bond acceptors (Lipinski definition) is 2.